The Morgan fingerprint density at radius 2 is 1.50 bits per heavy atom. The van der Waals surface area contributed by atoms with E-state index in [0.29, 0.717) is 0 Å². The molecule has 0 N–H and O–H groups in total. The van der Waals surface area contributed by atoms with Crippen LogP contribution in [0.5, 0.6) is 0 Å². The SMILES string of the molecule is C.C.SCc1ccccc1. The van der Waals surface area contributed by atoms with Gasteiger partial charge in [-0.2, -0.15) is 12.6 Å². The van der Waals surface area contributed by atoms with Gasteiger partial charge in [0.25, 0.3) is 0 Å². The van der Waals surface area contributed by atoms with Crippen molar-refractivity contribution in [2.24, 2.45) is 0 Å². The molecule has 1 aromatic rings. The Morgan fingerprint density at radius 1 is 1.00 bits per heavy atom. The van der Waals surface area contributed by atoms with E-state index in [0.717, 1.165) is 5.75 Å². The Labute approximate surface area is 69.7 Å². The van der Waals surface area contributed by atoms with Crippen molar-refractivity contribution in [3.8, 4) is 0 Å². The molecule has 10 heavy (non-hydrogen) atoms. The molecule has 0 nitrogen and oxygen atoms in total. The maximum atomic E-state index is 4.11. The smallest absolute Gasteiger partial charge is 0.0154 e. The van der Waals surface area contributed by atoms with Crippen molar-refractivity contribution in [3.63, 3.8) is 0 Å². The number of hydrogen-bond donors (Lipinski definition) is 1. The van der Waals surface area contributed by atoms with Crippen molar-refractivity contribution < 1.29 is 0 Å². The Kier molecular flexibility index (Phi) is 8.20. The van der Waals surface area contributed by atoms with Gasteiger partial charge in [-0.3, -0.25) is 0 Å². The average Bonchev–Trinajstić information content (AvgIpc) is 1.90. The first-order valence-corrected chi connectivity index (χ1v) is 3.21. The van der Waals surface area contributed by atoms with Crippen molar-refractivity contribution >= 4 is 12.6 Å². The molecule has 1 heteroatoms. The first-order chi connectivity index (χ1) is 3.93. The average molecular weight is 156 g/mol. The second-order valence-corrected chi connectivity index (χ2v) is 1.96. The van der Waals surface area contributed by atoms with Gasteiger partial charge in [-0.1, -0.05) is 45.2 Å². The fourth-order valence-corrected chi connectivity index (χ4v) is 0.794. The van der Waals surface area contributed by atoms with E-state index in [1.807, 2.05) is 18.2 Å². The standard InChI is InChI=1S/C7H8S.2CH4/c8-6-7-4-2-1-3-5-7;;/h1-5,8H,6H2;2*1H4. The minimum absolute atomic E-state index is 0. The molecule has 0 aliphatic heterocycles. The molecule has 0 fully saturated rings. The fraction of sp³-hybridized carbons (Fsp3) is 0.333. The lowest BCUT2D eigenvalue weighted by molar-refractivity contribution is 1.43. The Bertz CT molecular complexity index is 146. The van der Waals surface area contributed by atoms with Crippen LogP contribution in [-0.2, 0) is 5.75 Å². The minimum atomic E-state index is 0. The summed E-state index contributed by atoms with van der Waals surface area (Å²) in [6, 6.07) is 10.2. The maximum Gasteiger partial charge on any atom is 0.0154 e. The molecule has 0 radical (unpaired) electrons. The van der Waals surface area contributed by atoms with E-state index in [-0.39, 0.29) is 14.9 Å². The van der Waals surface area contributed by atoms with Crippen LogP contribution in [-0.4, -0.2) is 0 Å². The summed E-state index contributed by atoms with van der Waals surface area (Å²) in [5.74, 6) is 0.834. The fourth-order valence-electron chi connectivity index (χ4n) is 0.583. The van der Waals surface area contributed by atoms with Crippen molar-refractivity contribution in [2.75, 3.05) is 0 Å². The minimum Gasteiger partial charge on any atom is -0.175 e. The lowest BCUT2D eigenvalue weighted by Crippen LogP contribution is -1.71. The lowest BCUT2D eigenvalue weighted by atomic mass is 10.2. The zero-order chi connectivity index (χ0) is 5.82. The zero-order valence-electron chi connectivity index (χ0n) is 4.54. The summed E-state index contributed by atoms with van der Waals surface area (Å²) in [4.78, 5) is 0. The van der Waals surface area contributed by atoms with Crippen molar-refractivity contribution in [2.45, 2.75) is 20.6 Å². The van der Waals surface area contributed by atoms with Crippen LogP contribution in [0.1, 0.15) is 20.4 Å². The third-order valence-electron chi connectivity index (χ3n) is 1.03. The van der Waals surface area contributed by atoms with Gasteiger partial charge in [0.15, 0.2) is 0 Å². The van der Waals surface area contributed by atoms with Gasteiger partial charge >= 0.3 is 0 Å². The molecule has 0 bridgehead atoms. The Hall–Kier alpha value is -0.430. The largest absolute Gasteiger partial charge is 0.175 e. The molecule has 1 rings (SSSR count). The summed E-state index contributed by atoms with van der Waals surface area (Å²) < 4.78 is 0. The van der Waals surface area contributed by atoms with Crippen LogP contribution in [0.3, 0.4) is 0 Å². The van der Waals surface area contributed by atoms with Gasteiger partial charge in [-0.15, -0.1) is 0 Å². The molecular weight excluding hydrogens is 140 g/mol. The molecular formula is C9H16S. The molecule has 0 unspecified atom stereocenters. The highest BCUT2D eigenvalue weighted by Crippen LogP contribution is 2.00. The van der Waals surface area contributed by atoms with E-state index >= 15 is 0 Å². The molecule has 0 amide bonds. The van der Waals surface area contributed by atoms with Gasteiger partial charge in [-0.25, -0.2) is 0 Å². The van der Waals surface area contributed by atoms with E-state index in [9.17, 15) is 0 Å². The number of benzene rings is 1. The molecule has 0 saturated heterocycles. The number of rotatable bonds is 1. The predicted molar refractivity (Wildman–Crippen MR) is 52.6 cm³/mol. The zero-order valence-corrected chi connectivity index (χ0v) is 5.44. The molecule has 0 atom stereocenters. The first-order valence-electron chi connectivity index (χ1n) is 2.58. The first kappa shape index (κ1) is 12.3. The van der Waals surface area contributed by atoms with Gasteiger partial charge in [-0.05, 0) is 5.56 Å². The molecule has 0 aliphatic carbocycles. The van der Waals surface area contributed by atoms with Gasteiger partial charge in [0.05, 0.1) is 0 Å². The summed E-state index contributed by atoms with van der Waals surface area (Å²) in [6.07, 6.45) is 0. The Morgan fingerprint density at radius 3 is 1.80 bits per heavy atom. The second kappa shape index (κ2) is 6.69. The molecule has 1 aromatic carbocycles. The summed E-state index contributed by atoms with van der Waals surface area (Å²) in [5.41, 5.74) is 1.27. The molecule has 0 spiro atoms. The highest BCUT2D eigenvalue weighted by molar-refractivity contribution is 7.79. The molecule has 0 aromatic heterocycles. The molecule has 0 saturated carbocycles. The van der Waals surface area contributed by atoms with Crippen LogP contribution in [0, 0.1) is 0 Å². The third kappa shape index (κ3) is 3.57. The van der Waals surface area contributed by atoms with Crippen molar-refractivity contribution in [1.82, 2.24) is 0 Å². The summed E-state index contributed by atoms with van der Waals surface area (Å²) >= 11 is 4.11. The van der Waals surface area contributed by atoms with Gasteiger partial charge in [0, 0.05) is 5.75 Å². The molecule has 0 aliphatic rings. The normalized spacial score (nSPS) is 7.30. The van der Waals surface area contributed by atoms with Gasteiger partial charge < -0.3 is 0 Å². The Balaban J connectivity index is 0. The second-order valence-electron chi connectivity index (χ2n) is 1.64. The van der Waals surface area contributed by atoms with Crippen LogP contribution in [0.2, 0.25) is 0 Å². The quantitative estimate of drug-likeness (QED) is 0.592. The predicted octanol–water partition coefficient (Wildman–Crippen LogP) is 3.39. The molecule has 0 heterocycles. The molecule has 58 valence electrons. The highest BCUT2D eigenvalue weighted by Gasteiger charge is 1.80. The monoisotopic (exact) mass is 156 g/mol. The van der Waals surface area contributed by atoms with E-state index in [1.54, 1.807) is 0 Å². The summed E-state index contributed by atoms with van der Waals surface area (Å²) in [5, 5.41) is 0. The van der Waals surface area contributed by atoms with E-state index < -0.39 is 0 Å². The van der Waals surface area contributed by atoms with Gasteiger partial charge in [0.1, 0.15) is 0 Å². The summed E-state index contributed by atoms with van der Waals surface area (Å²) in [7, 11) is 0. The van der Waals surface area contributed by atoms with Crippen LogP contribution in [0.4, 0.5) is 0 Å². The van der Waals surface area contributed by atoms with Crippen LogP contribution in [0.15, 0.2) is 30.3 Å². The summed E-state index contributed by atoms with van der Waals surface area (Å²) in [6.45, 7) is 0. The van der Waals surface area contributed by atoms with E-state index in [4.69, 9.17) is 0 Å². The van der Waals surface area contributed by atoms with Gasteiger partial charge in [0.2, 0.25) is 0 Å². The topological polar surface area (TPSA) is 0 Å². The van der Waals surface area contributed by atoms with E-state index in [2.05, 4.69) is 24.8 Å². The van der Waals surface area contributed by atoms with Crippen molar-refractivity contribution in [3.05, 3.63) is 35.9 Å². The number of thiol groups is 1. The van der Waals surface area contributed by atoms with Crippen LogP contribution < -0.4 is 0 Å². The van der Waals surface area contributed by atoms with Crippen LogP contribution >= 0.6 is 12.6 Å². The third-order valence-corrected chi connectivity index (χ3v) is 1.39. The number of hydrogen-bond acceptors (Lipinski definition) is 1. The highest BCUT2D eigenvalue weighted by atomic mass is 32.1. The van der Waals surface area contributed by atoms with E-state index in [1.165, 1.54) is 5.56 Å². The lowest BCUT2D eigenvalue weighted by Gasteiger charge is -1.89. The maximum absolute atomic E-state index is 4.11. The van der Waals surface area contributed by atoms with Crippen molar-refractivity contribution in [1.29, 1.82) is 0 Å². The van der Waals surface area contributed by atoms with Crippen LogP contribution in [0.25, 0.3) is 0 Å².